The van der Waals surface area contributed by atoms with Crippen LogP contribution < -0.4 is 0 Å². The van der Waals surface area contributed by atoms with E-state index in [2.05, 4.69) is 9.97 Å². The number of rotatable bonds is 8. The van der Waals surface area contributed by atoms with E-state index in [1.807, 2.05) is 121 Å². The Morgan fingerprint density at radius 1 is 0.312 bits per heavy atom. The lowest BCUT2D eigenvalue weighted by atomic mass is 9.92. The highest BCUT2D eigenvalue weighted by atomic mass is 16.6. The molecule has 0 saturated carbocycles. The van der Waals surface area contributed by atoms with Crippen LogP contribution in [0.15, 0.2) is 170 Å². The molecule has 0 atom stereocenters. The molecule has 3 aliphatic rings. The zero-order valence-electron chi connectivity index (χ0n) is 43.1. The number of aryl methyl sites for hydroxylation is 4. The van der Waals surface area contributed by atoms with Crippen LogP contribution in [0, 0.1) is 68.2 Å². The molecule has 16 nitrogen and oxygen atoms in total. The molecule has 0 spiro atoms. The molecule has 0 unspecified atom stereocenters. The van der Waals surface area contributed by atoms with Gasteiger partial charge in [0.2, 0.25) is 0 Å². The highest BCUT2D eigenvalue weighted by molar-refractivity contribution is 6.21. The first-order chi connectivity index (χ1) is 38.7. The van der Waals surface area contributed by atoms with Crippen LogP contribution in [0.2, 0.25) is 0 Å². The lowest BCUT2D eigenvalue weighted by Crippen LogP contribution is -1.94. The topological polar surface area (TPSA) is 230 Å². The summed E-state index contributed by atoms with van der Waals surface area (Å²) >= 11 is 0. The molecule has 8 bridgehead atoms. The summed E-state index contributed by atoms with van der Waals surface area (Å²) in [6.45, 7) is 6.70. The number of nitro groups is 4. The van der Waals surface area contributed by atoms with Crippen LogP contribution in [0.3, 0.4) is 0 Å². The molecule has 0 radical (unpaired) electrons. The van der Waals surface area contributed by atoms with Crippen LogP contribution in [0.4, 0.5) is 22.7 Å². The quantitative estimate of drug-likeness (QED) is 0.108. The van der Waals surface area contributed by atoms with Gasteiger partial charge in [0.25, 0.3) is 22.7 Å². The van der Waals surface area contributed by atoms with Gasteiger partial charge in [-0.3, -0.25) is 40.5 Å². The molecular weight excluding hydrogens is 1010 g/mol. The number of aromatic nitrogens is 4. The molecule has 386 valence electrons. The second kappa shape index (κ2) is 18.3. The van der Waals surface area contributed by atoms with E-state index in [9.17, 15) is 40.5 Å². The molecule has 13 rings (SSSR count). The molecule has 0 saturated heterocycles. The smallest absolute Gasteiger partial charge is 0.272 e. The van der Waals surface area contributed by atoms with Crippen LogP contribution in [0.5, 0.6) is 0 Å². The third-order valence-corrected chi connectivity index (χ3v) is 15.5. The second-order valence-electron chi connectivity index (χ2n) is 20.1. The van der Waals surface area contributed by atoms with E-state index in [-0.39, 0.29) is 22.7 Å². The van der Waals surface area contributed by atoms with Crippen molar-refractivity contribution in [3.8, 4) is 89.5 Å². The van der Waals surface area contributed by atoms with Gasteiger partial charge >= 0.3 is 0 Å². The molecule has 8 aromatic carbocycles. The van der Waals surface area contributed by atoms with Crippen LogP contribution in [-0.2, 0) is 0 Å². The van der Waals surface area contributed by atoms with Gasteiger partial charge in [0, 0.05) is 113 Å². The average Bonchev–Trinajstić information content (AvgIpc) is 4.35. The molecule has 10 aromatic rings. The fourth-order valence-corrected chi connectivity index (χ4v) is 11.6. The number of H-pyrrole nitrogens is 2. The van der Waals surface area contributed by atoms with Crippen LogP contribution >= 0.6 is 0 Å². The fraction of sp³-hybridized carbons (Fsp3) is 0.0625. The van der Waals surface area contributed by atoms with E-state index >= 15 is 0 Å². The maximum absolute atomic E-state index is 12.9. The Kier molecular flexibility index (Phi) is 11.2. The van der Waals surface area contributed by atoms with Crippen molar-refractivity contribution in [2.75, 3.05) is 0 Å². The van der Waals surface area contributed by atoms with Gasteiger partial charge in [-0.25, -0.2) is 9.97 Å². The first-order valence-corrected chi connectivity index (χ1v) is 25.5. The van der Waals surface area contributed by atoms with Gasteiger partial charge < -0.3 is 9.97 Å². The lowest BCUT2D eigenvalue weighted by molar-refractivity contribution is -0.385. The Bertz CT molecular complexity index is 4220. The number of nitrogens with one attached hydrogen (secondary N) is 2. The van der Waals surface area contributed by atoms with Crippen molar-refractivity contribution in [2.45, 2.75) is 27.7 Å². The summed E-state index contributed by atoms with van der Waals surface area (Å²) in [7, 11) is 0. The summed E-state index contributed by atoms with van der Waals surface area (Å²) in [4.78, 5) is 68.9. The van der Waals surface area contributed by atoms with Crippen molar-refractivity contribution >= 4 is 66.4 Å². The minimum atomic E-state index is -0.417. The van der Waals surface area contributed by atoms with Crippen molar-refractivity contribution in [2.24, 2.45) is 0 Å². The van der Waals surface area contributed by atoms with Crippen LogP contribution in [0.25, 0.3) is 133 Å². The molecule has 1 aliphatic carbocycles. The number of hydrogen-bond acceptors (Lipinski definition) is 10. The van der Waals surface area contributed by atoms with E-state index in [0.29, 0.717) is 155 Å². The number of aromatic amines is 2. The van der Waals surface area contributed by atoms with Crippen molar-refractivity contribution < 1.29 is 19.7 Å². The third kappa shape index (κ3) is 7.52. The maximum atomic E-state index is 12.9. The molecule has 2 N–H and O–H groups in total. The van der Waals surface area contributed by atoms with Crippen LogP contribution in [0.1, 0.15) is 22.3 Å². The molecule has 16 heteroatoms. The highest BCUT2D eigenvalue weighted by Gasteiger charge is 2.32. The predicted molar refractivity (Wildman–Crippen MR) is 312 cm³/mol. The largest absolute Gasteiger partial charge is 0.353 e. The minimum Gasteiger partial charge on any atom is -0.353 e. The van der Waals surface area contributed by atoms with Crippen molar-refractivity contribution in [1.29, 1.82) is 0 Å². The molecule has 4 heterocycles. The SMILES string of the molecule is Cc1ccc(-c2c3nc(c(-c4ccc(C)c([N+](=O)[O-])c4)c4[nH]c(c(-c5ccc(C)c([N+](=O)[O-])c5)c5nc(c(-c6ccc(C)c([N+](=O)[O-])c6)c6[nH]c2c2ccccc62)-c2ccccc2-5)c2ccccc42)-c2ccccc2-3)cc1[N+](=O)[O-]. The standard InChI is InChI=1S/C64H42N8O8/c1-33-21-25-37(29-49(33)69(73)74)53-57-41-13-5-7-15-43(41)59(65-57)54(38-26-22-34(2)50(30-38)70(75)76)61-45-17-9-11-19-47(45)63(67-61)56(40-28-24-36(4)52(32-40)72(79)80)64-48-20-12-10-18-46(48)62(68-64)55(39-27-23-35(3)51(31-39)71(77)78)60-44-16-8-6-14-42(44)58(53)66-60/h5-32,65,68H,1-4H3. The van der Waals surface area contributed by atoms with Gasteiger partial charge in [-0.15, -0.1) is 0 Å². The summed E-state index contributed by atoms with van der Waals surface area (Å²) < 4.78 is 0. The summed E-state index contributed by atoms with van der Waals surface area (Å²) in [5.74, 6) is 0. The third-order valence-electron chi connectivity index (χ3n) is 15.5. The van der Waals surface area contributed by atoms with Crippen molar-refractivity contribution in [1.82, 2.24) is 19.9 Å². The molecule has 2 aromatic heterocycles. The fourth-order valence-electron chi connectivity index (χ4n) is 11.6. The molecule has 2 aliphatic heterocycles. The summed E-state index contributed by atoms with van der Waals surface area (Å²) in [6, 6.07) is 50.8. The molecular formula is C64H42N8O8. The van der Waals surface area contributed by atoms with E-state index in [0.717, 1.165) is 0 Å². The highest BCUT2D eigenvalue weighted by Crippen LogP contribution is 2.53. The monoisotopic (exact) mass is 1050 g/mol. The Balaban J connectivity index is 1.39. The Hall–Kier alpha value is -11.0. The average molecular weight is 1050 g/mol. The molecule has 80 heavy (non-hydrogen) atoms. The predicted octanol–water partition coefficient (Wildman–Crippen LogP) is 16.8. The summed E-state index contributed by atoms with van der Waals surface area (Å²) in [5.41, 5.74) is 11.5. The van der Waals surface area contributed by atoms with Crippen LogP contribution in [-0.4, -0.2) is 39.6 Å². The van der Waals surface area contributed by atoms with Gasteiger partial charge in [-0.1, -0.05) is 146 Å². The van der Waals surface area contributed by atoms with E-state index in [1.54, 1.807) is 76.2 Å². The zero-order chi connectivity index (χ0) is 55.4. The zero-order valence-corrected chi connectivity index (χ0v) is 43.1. The Morgan fingerprint density at radius 3 is 0.738 bits per heavy atom. The Labute approximate surface area is 454 Å². The number of nitrogens with zero attached hydrogens (tertiary/aromatic N) is 6. The van der Waals surface area contributed by atoms with Crippen molar-refractivity contribution in [3.63, 3.8) is 0 Å². The van der Waals surface area contributed by atoms with Crippen molar-refractivity contribution in [3.05, 3.63) is 233 Å². The maximum Gasteiger partial charge on any atom is 0.272 e. The summed E-state index contributed by atoms with van der Waals surface area (Å²) in [6.07, 6.45) is 0. The number of hydrogen-bond donors (Lipinski definition) is 2. The number of benzene rings is 8. The Morgan fingerprint density at radius 2 is 0.525 bits per heavy atom. The lowest BCUT2D eigenvalue weighted by Gasteiger charge is -2.10. The van der Waals surface area contributed by atoms with Gasteiger partial charge in [-0.2, -0.15) is 0 Å². The molecule has 0 fully saturated rings. The summed E-state index contributed by atoms with van der Waals surface area (Å²) in [5, 5.41) is 54.4. The first-order valence-electron chi connectivity index (χ1n) is 25.5. The van der Waals surface area contributed by atoms with Gasteiger partial charge in [0.05, 0.1) is 64.5 Å². The number of nitro benzene ring substituents is 4. The molecule has 0 amide bonds. The second-order valence-corrected chi connectivity index (χ2v) is 20.1. The minimum absolute atomic E-state index is 0.121. The van der Waals surface area contributed by atoms with Gasteiger partial charge in [0.1, 0.15) is 0 Å². The van der Waals surface area contributed by atoms with E-state index in [4.69, 9.17) is 9.97 Å². The van der Waals surface area contributed by atoms with Gasteiger partial charge in [-0.05, 0) is 49.9 Å². The van der Waals surface area contributed by atoms with Gasteiger partial charge in [0.15, 0.2) is 0 Å². The van der Waals surface area contributed by atoms with E-state index in [1.165, 1.54) is 0 Å². The first kappa shape index (κ1) is 48.6. The normalized spacial score (nSPS) is 11.7. The van der Waals surface area contributed by atoms with E-state index < -0.39 is 19.7 Å².